The van der Waals surface area contributed by atoms with Gasteiger partial charge < -0.3 is 10.6 Å². The number of benzene rings is 1. The monoisotopic (exact) mass is 339 g/mol. The quantitative estimate of drug-likeness (QED) is 0.672. The number of anilines is 2. The van der Waals surface area contributed by atoms with Crippen molar-refractivity contribution >= 4 is 28.1 Å². The van der Waals surface area contributed by atoms with Crippen LogP contribution in [0, 0.1) is 6.92 Å². The molecule has 3 rings (SSSR count). The summed E-state index contributed by atoms with van der Waals surface area (Å²) >= 11 is 1.51. The number of carbonyl (C=O) groups is 1. The smallest absolute Gasteiger partial charge is 0.188 e. The summed E-state index contributed by atoms with van der Waals surface area (Å²) in [5, 5.41) is 6.69. The van der Waals surface area contributed by atoms with Crippen LogP contribution in [-0.2, 0) is 0 Å². The standard InChI is InChI=1S/C17H17N5OS/c1-11-19-8-13(14(23)9-18-2)16(21-11)22-17-20-10-15(24-17)12-6-4-3-5-7-12/h3-8,10,18H,9H2,1-2H3,(H,19,20,21,22). The first-order chi connectivity index (χ1) is 11.7. The van der Waals surface area contributed by atoms with Crippen molar-refractivity contribution in [1.82, 2.24) is 20.3 Å². The molecule has 0 amide bonds. The number of carbonyl (C=O) groups excluding carboxylic acids is 1. The van der Waals surface area contributed by atoms with E-state index in [1.165, 1.54) is 11.3 Å². The minimum atomic E-state index is -0.0696. The molecule has 2 N–H and O–H groups in total. The Morgan fingerprint density at radius 1 is 1.17 bits per heavy atom. The summed E-state index contributed by atoms with van der Waals surface area (Å²) in [6.07, 6.45) is 3.36. The lowest BCUT2D eigenvalue weighted by Crippen LogP contribution is -2.20. The minimum Gasteiger partial charge on any atom is -0.315 e. The number of likely N-dealkylation sites (N-methyl/N-ethyl adjacent to an activating group) is 1. The number of thiazole rings is 1. The number of Topliss-reactive ketones (excluding diaryl/α,β-unsaturated/α-hetero) is 1. The van der Waals surface area contributed by atoms with Crippen molar-refractivity contribution in [3.8, 4) is 10.4 Å². The molecule has 7 heteroatoms. The van der Waals surface area contributed by atoms with E-state index in [2.05, 4.69) is 25.6 Å². The highest BCUT2D eigenvalue weighted by molar-refractivity contribution is 7.18. The fourth-order valence-corrected chi connectivity index (χ4v) is 3.01. The van der Waals surface area contributed by atoms with Gasteiger partial charge in [0.15, 0.2) is 10.9 Å². The lowest BCUT2D eigenvalue weighted by atomic mass is 10.2. The summed E-state index contributed by atoms with van der Waals surface area (Å²) < 4.78 is 0. The summed E-state index contributed by atoms with van der Waals surface area (Å²) in [4.78, 5) is 26.1. The summed E-state index contributed by atoms with van der Waals surface area (Å²) in [7, 11) is 1.73. The van der Waals surface area contributed by atoms with Crippen LogP contribution in [-0.4, -0.2) is 34.3 Å². The van der Waals surface area contributed by atoms with E-state index < -0.39 is 0 Å². The van der Waals surface area contributed by atoms with E-state index in [9.17, 15) is 4.79 Å². The lowest BCUT2D eigenvalue weighted by Gasteiger charge is -2.08. The zero-order valence-corrected chi connectivity index (χ0v) is 14.2. The molecule has 0 saturated carbocycles. The Hall–Kier alpha value is -2.64. The van der Waals surface area contributed by atoms with Gasteiger partial charge in [0, 0.05) is 12.4 Å². The number of aromatic nitrogens is 3. The van der Waals surface area contributed by atoms with Gasteiger partial charge in [-0.2, -0.15) is 0 Å². The SMILES string of the molecule is CNCC(=O)c1cnc(C)nc1Nc1ncc(-c2ccccc2)s1. The van der Waals surface area contributed by atoms with Crippen molar-refractivity contribution < 1.29 is 4.79 Å². The van der Waals surface area contributed by atoms with Gasteiger partial charge in [-0.1, -0.05) is 41.7 Å². The Labute approximate surface area is 144 Å². The summed E-state index contributed by atoms with van der Waals surface area (Å²) in [6.45, 7) is 2.02. The van der Waals surface area contributed by atoms with E-state index in [1.54, 1.807) is 20.2 Å². The number of hydrogen-bond donors (Lipinski definition) is 2. The van der Waals surface area contributed by atoms with E-state index in [4.69, 9.17) is 0 Å². The number of rotatable bonds is 6. The second-order valence-corrected chi connectivity index (χ2v) is 6.18. The topological polar surface area (TPSA) is 79.8 Å². The molecule has 0 spiro atoms. The van der Waals surface area contributed by atoms with E-state index in [0.29, 0.717) is 22.3 Å². The van der Waals surface area contributed by atoms with Gasteiger partial charge in [-0.3, -0.25) is 4.79 Å². The van der Waals surface area contributed by atoms with Crippen LogP contribution >= 0.6 is 11.3 Å². The molecule has 2 aromatic heterocycles. The number of hydrogen-bond acceptors (Lipinski definition) is 7. The van der Waals surface area contributed by atoms with Crippen LogP contribution < -0.4 is 10.6 Å². The first kappa shape index (κ1) is 16.2. The van der Waals surface area contributed by atoms with Gasteiger partial charge >= 0.3 is 0 Å². The van der Waals surface area contributed by atoms with Crippen molar-refractivity contribution in [2.45, 2.75) is 6.92 Å². The Morgan fingerprint density at radius 3 is 2.71 bits per heavy atom. The van der Waals surface area contributed by atoms with Crippen LogP contribution in [0.3, 0.4) is 0 Å². The largest absolute Gasteiger partial charge is 0.315 e. The zero-order chi connectivity index (χ0) is 16.9. The maximum atomic E-state index is 12.2. The second kappa shape index (κ2) is 7.29. The van der Waals surface area contributed by atoms with Crippen LogP contribution in [0.1, 0.15) is 16.2 Å². The average Bonchev–Trinajstić information content (AvgIpc) is 3.04. The van der Waals surface area contributed by atoms with Gasteiger partial charge in [0.1, 0.15) is 11.6 Å². The predicted molar refractivity (Wildman–Crippen MR) is 95.9 cm³/mol. The highest BCUT2D eigenvalue weighted by atomic mass is 32.1. The fraction of sp³-hybridized carbons (Fsp3) is 0.176. The highest BCUT2D eigenvalue weighted by Crippen LogP contribution is 2.30. The molecule has 0 bridgehead atoms. The molecular formula is C17H17N5OS. The fourth-order valence-electron chi connectivity index (χ4n) is 2.19. The van der Waals surface area contributed by atoms with Gasteiger partial charge in [0.05, 0.1) is 17.0 Å². The molecule has 0 radical (unpaired) electrons. The lowest BCUT2D eigenvalue weighted by molar-refractivity contribution is 0.0994. The first-order valence-corrected chi connectivity index (χ1v) is 8.28. The van der Waals surface area contributed by atoms with Gasteiger partial charge in [-0.15, -0.1) is 0 Å². The van der Waals surface area contributed by atoms with Crippen LogP contribution in [0.5, 0.6) is 0 Å². The molecule has 6 nitrogen and oxygen atoms in total. The maximum absolute atomic E-state index is 12.2. The third-order valence-electron chi connectivity index (χ3n) is 3.34. The molecule has 0 aliphatic heterocycles. The summed E-state index contributed by atoms with van der Waals surface area (Å²) in [6, 6.07) is 10.0. The number of aryl methyl sites for hydroxylation is 1. The minimum absolute atomic E-state index is 0.0696. The molecule has 122 valence electrons. The highest BCUT2D eigenvalue weighted by Gasteiger charge is 2.15. The summed E-state index contributed by atoms with van der Waals surface area (Å²) in [5.41, 5.74) is 1.56. The third kappa shape index (κ3) is 3.64. The van der Waals surface area contributed by atoms with E-state index in [-0.39, 0.29) is 12.3 Å². The van der Waals surface area contributed by atoms with Crippen LogP contribution in [0.15, 0.2) is 42.7 Å². The first-order valence-electron chi connectivity index (χ1n) is 7.47. The van der Waals surface area contributed by atoms with Gasteiger partial charge in [0.25, 0.3) is 0 Å². The van der Waals surface area contributed by atoms with Crippen LogP contribution in [0.4, 0.5) is 10.9 Å². The molecule has 24 heavy (non-hydrogen) atoms. The molecule has 2 heterocycles. The normalized spacial score (nSPS) is 10.6. The molecule has 1 aromatic carbocycles. The predicted octanol–water partition coefficient (Wildman–Crippen LogP) is 3.05. The van der Waals surface area contributed by atoms with E-state index in [1.807, 2.05) is 36.5 Å². The zero-order valence-electron chi connectivity index (χ0n) is 13.4. The van der Waals surface area contributed by atoms with Crippen molar-refractivity contribution in [1.29, 1.82) is 0 Å². The molecule has 0 atom stereocenters. The van der Waals surface area contributed by atoms with E-state index in [0.717, 1.165) is 10.4 Å². The Morgan fingerprint density at radius 2 is 1.96 bits per heavy atom. The second-order valence-electron chi connectivity index (χ2n) is 5.15. The molecule has 3 aromatic rings. The number of nitrogens with zero attached hydrogens (tertiary/aromatic N) is 3. The molecule has 0 saturated heterocycles. The van der Waals surface area contributed by atoms with Crippen molar-refractivity contribution in [2.75, 3.05) is 18.9 Å². The Kier molecular flexibility index (Phi) is 4.93. The molecule has 0 aliphatic rings. The average molecular weight is 339 g/mol. The molecule has 0 fully saturated rings. The van der Waals surface area contributed by atoms with Crippen LogP contribution in [0.2, 0.25) is 0 Å². The Balaban J connectivity index is 1.87. The molecule has 0 aliphatic carbocycles. The number of nitrogens with one attached hydrogen (secondary N) is 2. The van der Waals surface area contributed by atoms with Gasteiger partial charge in [0.2, 0.25) is 0 Å². The van der Waals surface area contributed by atoms with Crippen molar-refractivity contribution in [3.63, 3.8) is 0 Å². The number of ketones is 1. The van der Waals surface area contributed by atoms with Crippen LogP contribution in [0.25, 0.3) is 10.4 Å². The molecule has 0 unspecified atom stereocenters. The van der Waals surface area contributed by atoms with Gasteiger partial charge in [-0.05, 0) is 19.5 Å². The Bertz CT molecular complexity index is 847. The molecular weight excluding hydrogens is 322 g/mol. The van der Waals surface area contributed by atoms with Crippen molar-refractivity contribution in [3.05, 3.63) is 54.1 Å². The maximum Gasteiger partial charge on any atom is 0.188 e. The third-order valence-corrected chi connectivity index (χ3v) is 4.30. The van der Waals surface area contributed by atoms with Gasteiger partial charge in [-0.25, -0.2) is 15.0 Å². The van der Waals surface area contributed by atoms with E-state index >= 15 is 0 Å². The summed E-state index contributed by atoms with van der Waals surface area (Å²) in [5.74, 6) is 1.01. The van der Waals surface area contributed by atoms with Crippen molar-refractivity contribution in [2.24, 2.45) is 0 Å².